The van der Waals surface area contributed by atoms with Crippen molar-refractivity contribution >= 4 is 25.7 Å². The monoisotopic (exact) mass is 1170 g/mol. The molecule has 0 fully saturated rings. The highest BCUT2D eigenvalue weighted by atomic mass is 31.2. The Balaban J connectivity index is 4.71. The van der Waals surface area contributed by atoms with Crippen molar-refractivity contribution in [3.8, 4) is 0 Å². The number of rotatable bonds is 62. The zero-order chi connectivity index (χ0) is 59.8. The van der Waals surface area contributed by atoms with Gasteiger partial charge in [0.05, 0.1) is 19.8 Å². The van der Waals surface area contributed by atoms with Gasteiger partial charge >= 0.3 is 25.7 Å². The summed E-state index contributed by atoms with van der Waals surface area (Å²) in [5.41, 5.74) is 0. The van der Waals surface area contributed by atoms with Crippen LogP contribution in [0.1, 0.15) is 303 Å². The van der Waals surface area contributed by atoms with Crippen LogP contribution in [0.3, 0.4) is 0 Å². The predicted octanol–water partition coefficient (Wildman–Crippen LogP) is 20.6. The van der Waals surface area contributed by atoms with Crippen LogP contribution in [0, 0.1) is 0 Å². The molecule has 3 unspecified atom stereocenters. The molecule has 0 aliphatic rings. The summed E-state index contributed by atoms with van der Waals surface area (Å²) in [5.74, 6) is -1.50. The molecule has 11 nitrogen and oxygen atoms in total. The first-order valence-electron chi connectivity index (χ1n) is 33.5. The lowest BCUT2D eigenvalue weighted by Gasteiger charge is -2.21. The van der Waals surface area contributed by atoms with Crippen LogP contribution < -0.4 is 0 Å². The maximum Gasteiger partial charge on any atom is 0.472 e. The standard InChI is InChI=1S/C70H123O11P/c1-4-7-10-13-16-19-22-25-28-31-33-36-39-42-45-48-51-54-57-60-69(73)80-66(62-71)64-78-82(75,76)79-65-67(63-77-68(72)59-56-53-50-47-44-41-38-35-30-27-24-21-18-15-12-9-6-3)81-70(74)61-58-55-52-49-46-43-40-37-34-32-29-26-23-20-17-14-11-8-5-2/h9,12,17-18,20-21,26-27,29-30,34,37-38,41,66-67,71H,4-8,10-11,13-16,19,22-25,28,31-33,35-36,39-40,42-65H2,1-3H3,(H,75,76)/b12-9-,20-17-,21-18-,29-26-,30-27-,37-34-,41-38-. The average Bonchev–Trinajstić information content (AvgIpc) is 3.47. The van der Waals surface area contributed by atoms with E-state index in [0.717, 1.165) is 122 Å². The molecule has 0 saturated carbocycles. The highest BCUT2D eigenvalue weighted by Crippen LogP contribution is 2.43. The topological polar surface area (TPSA) is 155 Å². The summed E-state index contributed by atoms with van der Waals surface area (Å²) in [6.07, 6.45) is 75.3. The molecule has 2 N–H and O–H groups in total. The van der Waals surface area contributed by atoms with Gasteiger partial charge in [-0.2, -0.15) is 0 Å². The van der Waals surface area contributed by atoms with Crippen molar-refractivity contribution in [1.82, 2.24) is 0 Å². The molecule has 0 aliphatic heterocycles. The Bertz CT molecular complexity index is 1700. The summed E-state index contributed by atoms with van der Waals surface area (Å²) >= 11 is 0. The van der Waals surface area contributed by atoms with Crippen molar-refractivity contribution in [3.05, 3.63) is 85.1 Å². The summed E-state index contributed by atoms with van der Waals surface area (Å²) in [6, 6.07) is 0. The van der Waals surface area contributed by atoms with E-state index in [1.54, 1.807) is 0 Å². The molecule has 0 radical (unpaired) electrons. The molecule has 0 aromatic heterocycles. The fourth-order valence-electron chi connectivity index (χ4n) is 9.24. The molecular formula is C70H123O11P. The maximum atomic E-state index is 13.0. The molecule has 0 aliphatic carbocycles. The summed E-state index contributed by atoms with van der Waals surface area (Å²) in [5, 5.41) is 9.87. The summed E-state index contributed by atoms with van der Waals surface area (Å²) in [7, 11) is -4.77. The zero-order valence-electron chi connectivity index (χ0n) is 52.7. The molecule has 0 aromatic rings. The van der Waals surface area contributed by atoms with Crippen LogP contribution in [0.15, 0.2) is 85.1 Å². The van der Waals surface area contributed by atoms with Gasteiger partial charge in [-0.1, -0.05) is 273 Å². The first-order chi connectivity index (χ1) is 40.2. The minimum atomic E-state index is -4.77. The first-order valence-corrected chi connectivity index (χ1v) is 35.0. The fraction of sp³-hybridized carbons (Fsp3) is 0.757. The van der Waals surface area contributed by atoms with Crippen LogP contribution in [0.4, 0.5) is 0 Å². The van der Waals surface area contributed by atoms with Crippen LogP contribution >= 0.6 is 7.82 Å². The number of carbonyl (C=O) groups is 3. The van der Waals surface area contributed by atoms with Crippen molar-refractivity contribution in [3.63, 3.8) is 0 Å². The van der Waals surface area contributed by atoms with Crippen molar-refractivity contribution in [2.75, 3.05) is 26.4 Å². The van der Waals surface area contributed by atoms with E-state index in [0.29, 0.717) is 19.3 Å². The SMILES string of the molecule is CC/C=C\C/C=C\C/C=C\C/C=C\CCCCCCC(=O)OCC(COP(=O)(O)OCC(CO)OC(=O)CCCCCCCCCCCCCCCCCCCCC)OC(=O)CCCCCCCC/C=C\C/C=C\C/C=C\CCCCC. The third-order valence-electron chi connectivity index (χ3n) is 14.3. The van der Waals surface area contributed by atoms with Gasteiger partial charge < -0.3 is 24.2 Å². The van der Waals surface area contributed by atoms with Gasteiger partial charge in [0.25, 0.3) is 0 Å². The molecule has 474 valence electrons. The number of aliphatic hydroxyl groups is 1. The second-order valence-electron chi connectivity index (χ2n) is 22.3. The van der Waals surface area contributed by atoms with Crippen molar-refractivity contribution < 1.29 is 52.2 Å². The van der Waals surface area contributed by atoms with Crippen LogP contribution in [0.25, 0.3) is 0 Å². The quantitative estimate of drug-likeness (QED) is 0.0197. The Morgan fingerprint density at radius 3 is 1.00 bits per heavy atom. The van der Waals surface area contributed by atoms with Gasteiger partial charge in [0.15, 0.2) is 6.10 Å². The van der Waals surface area contributed by atoms with E-state index in [1.165, 1.54) is 122 Å². The number of esters is 3. The normalized spacial score (nSPS) is 13.8. The molecule has 0 aromatic carbocycles. The van der Waals surface area contributed by atoms with E-state index in [9.17, 15) is 28.9 Å². The molecular weight excluding hydrogens is 1050 g/mol. The Labute approximate surface area is 502 Å². The number of hydrogen-bond acceptors (Lipinski definition) is 10. The molecule has 0 saturated heterocycles. The molecule has 0 amide bonds. The minimum absolute atomic E-state index is 0.145. The van der Waals surface area contributed by atoms with E-state index >= 15 is 0 Å². The van der Waals surface area contributed by atoms with E-state index in [4.69, 9.17) is 23.3 Å². The smallest absolute Gasteiger partial charge is 0.462 e. The summed E-state index contributed by atoms with van der Waals surface area (Å²) in [4.78, 5) is 48.8. The number of hydrogen-bond donors (Lipinski definition) is 2. The van der Waals surface area contributed by atoms with Gasteiger partial charge in [-0.25, -0.2) is 4.57 Å². The molecule has 0 bridgehead atoms. The van der Waals surface area contributed by atoms with Crippen molar-refractivity contribution in [1.29, 1.82) is 0 Å². The van der Waals surface area contributed by atoms with E-state index in [-0.39, 0.29) is 25.9 Å². The number of phosphoric acid groups is 1. The van der Waals surface area contributed by atoms with Gasteiger partial charge in [0.1, 0.15) is 12.7 Å². The van der Waals surface area contributed by atoms with E-state index in [1.807, 2.05) is 0 Å². The number of carbonyl (C=O) groups excluding carboxylic acids is 3. The van der Waals surface area contributed by atoms with Gasteiger partial charge in [-0.05, 0) is 96.3 Å². The largest absolute Gasteiger partial charge is 0.472 e. The van der Waals surface area contributed by atoms with Crippen molar-refractivity contribution in [2.45, 2.75) is 315 Å². The maximum absolute atomic E-state index is 13.0. The second-order valence-corrected chi connectivity index (χ2v) is 23.7. The lowest BCUT2D eigenvalue weighted by molar-refractivity contribution is -0.161. The van der Waals surface area contributed by atoms with Gasteiger partial charge in [-0.3, -0.25) is 23.4 Å². The van der Waals surface area contributed by atoms with Gasteiger partial charge in [-0.15, -0.1) is 0 Å². The average molecular weight is 1170 g/mol. The van der Waals surface area contributed by atoms with E-state index < -0.39 is 57.8 Å². The minimum Gasteiger partial charge on any atom is -0.462 e. The third-order valence-corrected chi connectivity index (χ3v) is 15.3. The second kappa shape index (κ2) is 63.7. The van der Waals surface area contributed by atoms with E-state index in [2.05, 4.69) is 106 Å². The summed E-state index contributed by atoms with van der Waals surface area (Å²) < 4.78 is 39.7. The van der Waals surface area contributed by atoms with Crippen LogP contribution in [-0.4, -0.2) is 66.5 Å². The number of unbranched alkanes of at least 4 members (excludes halogenated alkanes) is 31. The Kier molecular flexibility index (Phi) is 61.1. The molecule has 0 spiro atoms. The molecule has 12 heteroatoms. The van der Waals surface area contributed by atoms with Gasteiger partial charge in [0, 0.05) is 19.3 Å². The number of aliphatic hydroxyl groups excluding tert-OH is 1. The highest BCUT2D eigenvalue weighted by molar-refractivity contribution is 7.47. The van der Waals surface area contributed by atoms with Crippen LogP contribution in [0.5, 0.6) is 0 Å². The Hall–Kier alpha value is -3.34. The first kappa shape index (κ1) is 78.7. The van der Waals surface area contributed by atoms with Crippen LogP contribution in [-0.2, 0) is 42.2 Å². The zero-order valence-corrected chi connectivity index (χ0v) is 53.6. The molecule has 0 rings (SSSR count). The Morgan fingerprint density at radius 1 is 0.354 bits per heavy atom. The predicted molar refractivity (Wildman–Crippen MR) is 344 cm³/mol. The van der Waals surface area contributed by atoms with Crippen LogP contribution in [0.2, 0.25) is 0 Å². The third kappa shape index (κ3) is 61.2. The number of ether oxygens (including phenoxy) is 3. The number of phosphoric ester groups is 1. The van der Waals surface area contributed by atoms with Crippen molar-refractivity contribution in [2.24, 2.45) is 0 Å². The highest BCUT2D eigenvalue weighted by Gasteiger charge is 2.28. The Morgan fingerprint density at radius 2 is 0.634 bits per heavy atom. The molecule has 3 atom stereocenters. The fourth-order valence-corrected chi connectivity index (χ4v) is 10.0. The number of allylic oxidation sites excluding steroid dienone is 14. The van der Waals surface area contributed by atoms with Gasteiger partial charge in [0.2, 0.25) is 0 Å². The lowest BCUT2D eigenvalue weighted by Crippen LogP contribution is -2.30. The lowest BCUT2D eigenvalue weighted by atomic mass is 10.0. The molecule has 82 heavy (non-hydrogen) atoms. The molecule has 0 heterocycles. The summed E-state index contributed by atoms with van der Waals surface area (Å²) in [6.45, 7) is 4.52.